The van der Waals surface area contributed by atoms with Gasteiger partial charge in [-0.05, 0) is 36.4 Å². The van der Waals surface area contributed by atoms with E-state index in [4.69, 9.17) is 0 Å². The predicted octanol–water partition coefficient (Wildman–Crippen LogP) is 2.72. The van der Waals surface area contributed by atoms with E-state index in [-0.39, 0.29) is 22.5 Å². The van der Waals surface area contributed by atoms with Crippen molar-refractivity contribution in [2.45, 2.75) is 17.4 Å². The topological polar surface area (TPSA) is 75.3 Å². The molecule has 3 rings (SSSR count). The average molecular weight is 362 g/mol. The van der Waals surface area contributed by atoms with Gasteiger partial charge in [0.1, 0.15) is 0 Å². The molecule has 0 aromatic heterocycles. The van der Waals surface area contributed by atoms with Crippen molar-refractivity contribution in [1.82, 2.24) is 5.32 Å². The minimum Gasteiger partial charge on any atom is -0.348 e. The number of hydrogen-bond acceptors (Lipinski definition) is 4. The molecule has 1 aliphatic heterocycles. The molecule has 24 heavy (non-hydrogen) atoms. The molecule has 1 heterocycles. The summed E-state index contributed by atoms with van der Waals surface area (Å²) in [5, 5.41) is 2.97. The molecule has 7 heteroatoms. The van der Waals surface area contributed by atoms with Gasteiger partial charge in [-0.15, -0.1) is 0 Å². The van der Waals surface area contributed by atoms with Gasteiger partial charge in [-0.3, -0.25) is 9.52 Å². The second-order valence-corrected chi connectivity index (χ2v) is 8.33. The maximum absolute atomic E-state index is 12.5. The SMILES string of the molecule is O=C(N[C@H]1CCSC1)c1ccccc1NS(=O)(=O)c1ccccc1. The standard InChI is InChI=1S/C17H18N2O3S2/c20-17(18-13-10-11-23-12-13)15-8-4-5-9-16(15)19-24(21,22)14-6-2-1-3-7-14/h1-9,13,19H,10-12H2,(H,18,20)/t13-/m0/s1. The Kier molecular flexibility index (Phi) is 5.11. The van der Waals surface area contributed by atoms with Crippen molar-refractivity contribution in [1.29, 1.82) is 0 Å². The van der Waals surface area contributed by atoms with E-state index in [9.17, 15) is 13.2 Å². The monoisotopic (exact) mass is 362 g/mol. The fraction of sp³-hybridized carbons (Fsp3) is 0.235. The molecule has 1 amide bonds. The third kappa shape index (κ3) is 3.91. The number of hydrogen-bond donors (Lipinski definition) is 2. The third-order valence-corrected chi connectivity index (χ3v) is 6.28. The molecule has 0 radical (unpaired) electrons. The van der Waals surface area contributed by atoms with Crippen LogP contribution in [0.15, 0.2) is 59.5 Å². The first-order valence-corrected chi connectivity index (χ1v) is 10.3. The normalized spacial score (nSPS) is 17.4. The van der Waals surface area contributed by atoms with Gasteiger partial charge in [-0.2, -0.15) is 11.8 Å². The zero-order chi connectivity index (χ0) is 17.0. The number of sulfonamides is 1. The van der Waals surface area contributed by atoms with Crippen LogP contribution in [0.3, 0.4) is 0 Å². The second-order valence-electron chi connectivity index (χ2n) is 5.50. The van der Waals surface area contributed by atoms with Crippen LogP contribution in [0.2, 0.25) is 0 Å². The third-order valence-electron chi connectivity index (χ3n) is 3.73. The first-order chi connectivity index (χ1) is 11.6. The van der Waals surface area contributed by atoms with Crippen LogP contribution in [0.25, 0.3) is 0 Å². The molecular weight excluding hydrogens is 344 g/mol. The Balaban J connectivity index is 1.82. The van der Waals surface area contributed by atoms with E-state index < -0.39 is 10.0 Å². The van der Waals surface area contributed by atoms with Crippen LogP contribution in [-0.4, -0.2) is 31.9 Å². The second kappa shape index (κ2) is 7.27. The van der Waals surface area contributed by atoms with Crippen LogP contribution < -0.4 is 10.0 Å². The minimum absolute atomic E-state index is 0.140. The maximum atomic E-state index is 12.5. The fourth-order valence-electron chi connectivity index (χ4n) is 2.48. The van der Waals surface area contributed by atoms with E-state index in [1.54, 1.807) is 54.2 Å². The lowest BCUT2D eigenvalue weighted by Crippen LogP contribution is -2.35. The number of para-hydroxylation sites is 1. The Labute approximate surface area is 145 Å². The summed E-state index contributed by atoms with van der Waals surface area (Å²) in [6, 6.07) is 14.9. The lowest BCUT2D eigenvalue weighted by atomic mass is 10.1. The summed E-state index contributed by atoms with van der Waals surface area (Å²) in [5.41, 5.74) is 0.610. The van der Waals surface area contributed by atoms with Gasteiger partial charge in [-0.1, -0.05) is 30.3 Å². The van der Waals surface area contributed by atoms with Crippen molar-refractivity contribution >= 4 is 33.4 Å². The smallest absolute Gasteiger partial charge is 0.261 e. The van der Waals surface area contributed by atoms with Gasteiger partial charge in [0.15, 0.2) is 0 Å². The Hall–Kier alpha value is -1.99. The molecule has 0 spiro atoms. The molecule has 0 aliphatic carbocycles. The maximum Gasteiger partial charge on any atom is 0.261 e. The van der Waals surface area contributed by atoms with E-state index in [2.05, 4.69) is 10.0 Å². The molecule has 2 aromatic rings. The van der Waals surface area contributed by atoms with Gasteiger partial charge < -0.3 is 5.32 Å². The number of thioether (sulfide) groups is 1. The number of anilines is 1. The molecule has 1 atom stereocenters. The molecule has 0 bridgehead atoms. The van der Waals surface area contributed by atoms with Crippen molar-refractivity contribution in [3.63, 3.8) is 0 Å². The summed E-state index contributed by atoms with van der Waals surface area (Å²) in [7, 11) is -3.73. The number of amides is 1. The molecule has 2 aromatic carbocycles. The highest BCUT2D eigenvalue weighted by Gasteiger charge is 2.22. The lowest BCUT2D eigenvalue weighted by molar-refractivity contribution is 0.0942. The van der Waals surface area contributed by atoms with Crippen LogP contribution in [0.5, 0.6) is 0 Å². The van der Waals surface area contributed by atoms with Crippen LogP contribution in [-0.2, 0) is 10.0 Å². The molecule has 1 aliphatic rings. The van der Waals surface area contributed by atoms with Crippen molar-refractivity contribution in [3.05, 3.63) is 60.2 Å². The summed E-state index contributed by atoms with van der Waals surface area (Å²) in [6.45, 7) is 0. The summed E-state index contributed by atoms with van der Waals surface area (Å²) in [5.74, 6) is 1.67. The van der Waals surface area contributed by atoms with E-state index in [1.165, 1.54) is 12.1 Å². The van der Waals surface area contributed by atoms with E-state index in [1.807, 2.05) is 0 Å². The summed E-state index contributed by atoms with van der Waals surface area (Å²) < 4.78 is 27.5. The highest BCUT2D eigenvalue weighted by atomic mass is 32.2. The Morgan fingerprint density at radius 3 is 2.46 bits per heavy atom. The molecular formula is C17H18N2O3S2. The predicted molar refractivity (Wildman–Crippen MR) is 96.9 cm³/mol. The highest BCUT2D eigenvalue weighted by molar-refractivity contribution is 7.99. The number of benzene rings is 2. The van der Waals surface area contributed by atoms with Gasteiger partial charge in [0.25, 0.3) is 15.9 Å². The van der Waals surface area contributed by atoms with Crippen molar-refractivity contribution in [2.24, 2.45) is 0 Å². The number of nitrogens with one attached hydrogen (secondary N) is 2. The van der Waals surface area contributed by atoms with Crippen LogP contribution in [0.4, 0.5) is 5.69 Å². The van der Waals surface area contributed by atoms with Gasteiger partial charge in [-0.25, -0.2) is 8.42 Å². The summed E-state index contributed by atoms with van der Waals surface area (Å²) in [6.07, 6.45) is 0.939. The first kappa shape index (κ1) is 16.9. The molecule has 126 valence electrons. The minimum atomic E-state index is -3.73. The van der Waals surface area contributed by atoms with Gasteiger partial charge in [0, 0.05) is 11.8 Å². The molecule has 0 unspecified atom stereocenters. The van der Waals surface area contributed by atoms with Gasteiger partial charge in [0.05, 0.1) is 16.1 Å². The molecule has 1 saturated heterocycles. The van der Waals surface area contributed by atoms with Crippen LogP contribution >= 0.6 is 11.8 Å². The molecule has 1 fully saturated rings. The van der Waals surface area contributed by atoms with E-state index >= 15 is 0 Å². The molecule has 0 saturated carbocycles. The van der Waals surface area contributed by atoms with Crippen molar-refractivity contribution in [3.8, 4) is 0 Å². The zero-order valence-corrected chi connectivity index (χ0v) is 14.6. The van der Waals surface area contributed by atoms with E-state index in [0.717, 1.165) is 17.9 Å². The van der Waals surface area contributed by atoms with E-state index in [0.29, 0.717) is 5.56 Å². The largest absolute Gasteiger partial charge is 0.348 e. The highest BCUT2D eigenvalue weighted by Crippen LogP contribution is 2.22. The van der Waals surface area contributed by atoms with Gasteiger partial charge >= 0.3 is 0 Å². The quantitative estimate of drug-likeness (QED) is 0.858. The molecule has 2 N–H and O–H groups in total. The first-order valence-electron chi connectivity index (χ1n) is 7.62. The fourth-order valence-corrected chi connectivity index (χ4v) is 4.74. The number of rotatable bonds is 5. The van der Waals surface area contributed by atoms with Crippen molar-refractivity contribution < 1.29 is 13.2 Å². The Morgan fingerprint density at radius 1 is 1.04 bits per heavy atom. The van der Waals surface area contributed by atoms with Crippen LogP contribution in [0.1, 0.15) is 16.8 Å². The van der Waals surface area contributed by atoms with Crippen LogP contribution in [0, 0.1) is 0 Å². The Morgan fingerprint density at radius 2 is 1.75 bits per heavy atom. The average Bonchev–Trinajstić information content (AvgIpc) is 3.09. The summed E-state index contributed by atoms with van der Waals surface area (Å²) >= 11 is 1.80. The number of carbonyl (C=O) groups excluding carboxylic acids is 1. The number of carbonyl (C=O) groups is 1. The lowest BCUT2D eigenvalue weighted by Gasteiger charge is -2.15. The van der Waals surface area contributed by atoms with Crippen molar-refractivity contribution in [2.75, 3.05) is 16.2 Å². The molecule has 5 nitrogen and oxygen atoms in total. The zero-order valence-electron chi connectivity index (χ0n) is 12.9. The van der Waals surface area contributed by atoms with Gasteiger partial charge in [0.2, 0.25) is 0 Å². The Bertz CT molecular complexity index is 817. The summed E-state index contributed by atoms with van der Waals surface area (Å²) in [4.78, 5) is 12.6.